The van der Waals surface area contributed by atoms with Crippen molar-refractivity contribution in [3.05, 3.63) is 83.4 Å². The number of nitrogens with zero attached hydrogens (tertiary/aromatic N) is 1. The highest BCUT2D eigenvalue weighted by atomic mass is 35.5. The smallest absolute Gasteiger partial charge is 0.264 e. The summed E-state index contributed by atoms with van der Waals surface area (Å²) in [5.41, 5.74) is 1.42. The van der Waals surface area contributed by atoms with Gasteiger partial charge < -0.3 is 14.8 Å². The lowest BCUT2D eigenvalue weighted by Crippen LogP contribution is -2.51. The molecule has 0 spiro atoms. The van der Waals surface area contributed by atoms with Gasteiger partial charge in [-0.2, -0.15) is 0 Å². The molecule has 3 aromatic carbocycles. The Labute approximate surface area is 197 Å². The van der Waals surface area contributed by atoms with Gasteiger partial charge in [0.15, 0.2) is 6.10 Å². The Kier molecular flexibility index (Phi) is 6.76. The molecular formula is C24H23ClN2O5S. The maximum Gasteiger partial charge on any atom is 0.264 e. The summed E-state index contributed by atoms with van der Waals surface area (Å²) in [6.07, 6.45) is -0.371. The first kappa shape index (κ1) is 22.9. The van der Waals surface area contributed by atoms with Gasteiger partial charge >= 0.3 is 0 Å². The summed E-state index contributed by atoms with van der Waals surface area (Å²) in [5, 5.41) is 3.28. The molecule has 4 rings (SSSR count). The van der Waals surface area contributed by atoms with Gasteiger partial charge in [-0.15, -0.1) is 0 Å². The largest absolute Gasteiger partial charge is 0.497 e. The predicted octanol–water partition coefficient (Wildman–Crippen LogP) is 3.66. The fourth-order valence-electron chi connectivity index (χ4n) is 3.54. The van der Waals surface area contributed by atoms with E-state index >= 15 is 0 Å². The molecule has 7 nitrogen and oxygen atoms in total. The van der Waals surface area contributed by atoms with Crippen LogP contribution in [0.3, 0.4) is 0 Å². The molecule has 1 amide bonds. The molecule has 0 saturated carbocycles. The van der Waals surface area contributed by atoms with Crippen LogP contribution in [0.2, 0.25) is 5.02 Å². The lowest BCUT2D eigenvalue weighted by atomic mass is 10.1. The molecule has 1 N–H and O–H groups in total. The molecule has 1 aliphatic heterocycles. The van der Waals surface area contributed by atoms with Crippen molar-refractivity contribution in [2.24, 2.45) is 0 Å². The minimum absolute atomic E-state index is 0.0854. The summed E-state index contributed by atoms with van der Waals surface area (Å²) in [6, 6.07) is 20.3. The average molecular weight is 487 g/mol. The van der Waals surface area contributed by atoms with Crippen LogP contribution in [0.5, 0.6) is 11.5 Å². The number of rotatable bonds is 7. The van der Waals surface area contributed by atoms with E-state index in [1.807, 2.05) is 24.3 Å². The summed E-state index contributed by atoms with van der Waals surface area (Å²) in [6.45, 7) is 0.243. The van der Waals surface area contributed by atoms with Crippen molar-refractivity contribution < 1.29 is 22.7 Å². The molecule has 33 heavy (non-hydrogen) atoms. The standard InChI is InChI=1S/C24H23ClN2O5S/c1-31-19-10-6-17(7-11-19)14-15-26-24(28)23-16-27(21-4-2-3-5-22(21)32-23)33(29,30)20-12-8-18(25)9-13-20/h2-13,23H,14-16H2,1H3,(H,26,28). The van der Waals surface area contributed by atoms with Gasteiger partial charge in [-0.1, -0.05) is 35.9 Å². The van der Waals surface area contributed by atoms with Crippen molar-refractivity contribution in [2.75, 3.05) is 24.5 Å². The van der Waals surface area contributed by atoms with Crippen molar-refractivity contribution in [3.63, 3.8) is 0 Å². The van der Waals surface area contributed by atoms with Gasteiger partial charge in [-0.25, -0.2) is 8.42 Å². The van der Waals surface area contributed by atoms with Crippen molar-refractivity contribution in [1.29, 1.82) is 0 Å². The molecule has 172 valence electrons. The molecule has 1 aliphatic rings. The van der Waals surface area contributed by atoms with Crippen molar-refractivity contribution in [2.45, 2.75) is 17.4 Å². The first-order valence-corrected chi connectivity index (χ1v) is 12.1. The molecule has 0 radical (unpaired) electrons. The molecule has 0 bridgehead atoms. The number of hydrogen-bond donors (Lipinski definition) is 1. The zero-order valence-electron chi connectivity index (χ0n) is 17.9. The zero-order valence-corrected chi connectivity index (χ0v) is 19.5. The summed E-state index contributed by atoms with van der Waals surface area (Å²) < 4.78 is 38.9. The summed E-state index contributed by atoms with van der Waals surface area (Å²) >= 11 is 5.91. The fraction of sp³-hybridized carbons (Fsp3) is 0.208. The van der Waals surface area contributed by atoms with Crippen LogP contribution in [0, 0.1) is 0 Å². The SMILES string of the molecule is COc1ccc(CCNC(=O)C2CN(S(=O)(=O)c3ccc(Cl)cc3)c3ccccc3O2)cc1. The maximum absolute atomic E-state index is 13.4. The number of para-hydroxylation sites is 2. The number of carbonyl (C=O) groups is 1. The number of fused-ring (bicyclic) bond motifs is 1. The van der Waals surface area contributed by atoms with Crippen molar-refractivity contribution in [1.82, 2.24) is 5.32 Å². The molecule has 3 aromatic rings. The van der Waals surface area contributed by atoms with Gasteiger partial charge in [0.25, 0.3) is 15.9 Å². The fourth-order valence-corrected chi connectivity index (χ4v) is 5.14. The Balaban J connectivity index is 1.49. The molecule has 1 heterocycles. The maximum atomic E-state index is 13.4. The summed E-state index contributed by atoms with van der Waals surface area (Å²) in [5.74, 6) is 0.713. The number of methoxy groups -OCH3 is 1. The van der Waals surface area contributed by atoms with Gasteiger partial charge in [0, 0.05) is 11.6 Å². The van der Waals surface area contributed by atoms with Crippen molar-refractivity contribution >= 4 is 33.2 Å². The van der Waals surface area contributed by atoms with Gasteiger partial charge in [-0.05, 0) is 60.5 Å². The molecule has 0 saturated heterocycles. The predicted molar refractivity (Wildman–Crippen MR) is 127 cm³/mol. The number of halogens is 1. The molecule has 0 aromatic heterocycles. The number of anilines is 1. The Bertz CT molecular complexity index is 1230. The van der Waals surface area contributed by atoms with E-state index in [1.54, 1.807) is 31.4 Å². The van der Waals surface area contributed by atoms with E-state index in [-0.39, 0.29) is 17.3 Å². The van der Waals surface area contributed by atoms with Crippen LogP contribution < -0.4 is 19.1 Å². The van der Waals surface area contributed by atoms with Gasteiger partial charge in [0.05, 0.1) is 24.2 Å². The van der Waals surface area contributed by atoms with E-state index in [1.165, 1.54) is 28.6 Å². The van der Waals surface area contributed by atoms with Crippen LogP contribution in [0.1, 0.15) is 5.56 Å². The molecule has 1 unspecified atom stereocenters. The van der Waals surface area contributed by atoms with Crippen molar-refractivity contribution in [3.8, 4) is 11.5 Å². The Morgan fingerprint density at radius 1 is 1.09 bits per heavy atom. The third-order valence-corrected chi connectivity index (χ3v) is 7.35. The highest BCUT2D eigenvalue weighted by Gasteiger charge is 2.37. The number of ether oxygens (including phenoxy) is 2. The third kappa shape index (κ3) is 5.07. The number of sulfonamides is 1. The minimum atomic E-state index is -3.93. The highest BCUT2D eigenvalue weighted by molar-refractivity contribution is 7.92. The average Bonchev–Trinajstić information content (AvgIpc) is 2.84. The summed E-state index contributed by atoms with van der Waals surface area (Å²) in [4.78, 5) is 12.9. The van der Waals surface area contributed by atoms with E-state index in [0.29, 0.717) is 29.4 Å². The third-order valence-electron chi connectivity index (χ3n) is 5.30. The van der Waals surface area contributed by atoms with Crippen LogP contribution in [0.25, 0.3) is 0 Å². The van der Waals surface area contributed by atoms with Crippen LogP contribution in [0.4, 0.5) is 5.69 Å². The number of nitrogens with one attached hydrogen (secondary N) is 1. The quantitative estimate of drug-likeness (QED) is 0.551. The van der Waals surface area contributed by atoms with Gasteiger partial charge in [-0.3, -0.25) is 9.10 Å². The Hall–Kier alpha value is -3.23. The second-order valence-corrected chi connectivity index (χ2v) is 9.75. The zero-order chi connectivity index (χ0) is 23.4. The molecule has 0 aliphatic carbocycles. The second-order valence-electron chi connectivity index (χ2n) is 7.45. The minimum Gasteiger partial charge on any atom is -0.497 e. The first-order chi connectivity index (χ1) is 15.9. The number of amides is 1. The highest BCUT2D eigenvalue weighted by Crippen LogP contribution is 2.36. The first-order valence-electron chi connectivity index (χ1n) is 10.3. The monoisotopic (exact) mass is 486 g/mol. The normalized spacial score (nSPS) is 15.3. The lowest BCUT2D eigenvalue weighted by molar-refractivity contribution is -0.127. The van der Waals surface area contributed by atoms with Crippen LogP contribution >= 0.6 is 11.6 Å². The van der Waals surface area contributed by atoms with Gasteiger partial charge in [0.2, 0.25) is 0 Å². The molecule has 0 fully saturated rings. The number of carbonyl (C=O) groups excluding carboxylic acids is 1. The van der Waals surface area contributed by atoms with E-state index in [9.17, 15) is 13.2 Å². The van der Waals surface area contributed by atoms with Gasteiger partial charge in [0.1, 0.15) is 11.5 Å². The van der Waals surface area contributed by atoms with E-state index in [2.05, 4.69) is 5.32 Å². The second kappa shape index (κ2) is 9.72. The van der Waals surface area contributed by atoms with Crippen LogP contribution in [-0.4, -0.2) is 40.6 Å². The van der Waals surface area contributed by atoms with Crippen LogP contribution in [-0.2, 0) is 21.2 Å². The number of benzene rings is 3. The Morgan fingerprint density at radius 3 is 2.48 bits per heavy atom. The number of hydrogen-bond acceptors (Lipinski definition) is 5. The van der Waals surface area contributed by atoms with E-state index in [0.717, 1.165) is 11.3 Å². The summed E-state index contributed by atoms with van der Waals surface area (Å²) in [7, 11) is -2.32. The lowest BCUT2D eigenvalue weighted by Gasteiger charge is -2.34. The molecule has 1 atom stereocenters. The Morgan fingerprint density at radius 2 is 1.79 bits per heavy atom. The molecular weight excluding hydrogens is 464 g/mol. The molecule has 9 heteroatoms. The topological polar surface area (TPSA) is 84.9 Å². The van der Waals surface area contributed by atoms with E-state index < -0.39 is 16.1 Å². The van der Waals surface area contributed by atoms with E-state index in [4.69, 9.17) is 21.1 Å². The van der Waals surface area contributed by atoms with Crippen LogP contribution in [0.15, 0.2) is 77.7 Å².